The maximum Gasteiger partial charge on any atom is 0.128 e. The van der Waals surface area contributed by atoms with Gasteiger partial charge >= 0.3 is 0 Å². The zero-order valence-corrected chi connectivity index (χ0v) is 17.9. The summed E-state index contributed by atoms with van der Waals surface area (Å²) in [5.41, 5.74) is 8.18. The highest BCUT2D eigenvalue weighted by molar-refractivity contribution is 5.79. The summed E-state index contributed by atoms with van der Waals surface area (Å²) < 4.78 is 0. The number of aryl methyl sites for hydroxylation is 1. The Morgan fingerprint density at radius 2 is 1.74 bits per heavy atom. The number of rotatable bonds is 3. The maximum absolute atomic E-state index is 10.1. The van der Waals surface area contributed by atoms with Gasteiger partial charge in [-0.25, -0.2) is 4.98 Å². The van der Waals surface area contributed by atoms with Crippen LogP contribution in [0.4, 0.5) is 11.5 Å². The fraction of sp³-hybridized carbons (Fsp3) is 0.308. The molecule has 156 valence electrons. The van der Waals surface area contributed by atoms with Crippen molar-refractivity contribution in [1.29, 1.82) is 5.26 Å². The number of nitriles is 1. The molecule has 0 radical (unpaired) electrons. The lowest BCUT2D eigenvalue weighted by Crippen LogP contribution is -2.47. The van der Waals surface area contributed by atoms with Gasteiger partial charge in [0.25, 0.3) is 0 Å². The molecule has 0 atom stereocenters. The molecule has 31 heavy (non-hydrogen) atoms. The minimum Gasteiger partial charge on any atom is -0.367 e. The second-order valence-corrected chi connectivity index (χ2v) is 8.34. The van der Waals surface area contributed by atoms with Crippen LogP contribution in [0.2, 0.25) is 0 Å². The lowest BCUT2D eigenvalue weighted by atomic mass is 9.87. The van der Waals surface area contributed by atoms with E-state index in [0.29, 0.717) is 0 Å². The normalized spacial score (nSPS) is 16.0. The van der Waals surface area contributed by atoms with E-state index in [-0.39, 0.29) is 0 Å². The van der Waals surface area contributed by atoms with Crippen molar-refractivity contribution in [2.75, 3.05) is 42.5 Å². The first-order valence-electron chi connectivity index (χ1n) is 11.0. The molecule has 0 spiro atoms. The van der Waals surface area contributed by atoms with Crippen LogP contribution in [0.3, 0.4) is 0 Å². The fourth-order valence-electron chi connectivity index (χ4n) is 4.75. The second-order valence-electron chi connectivity index (χ2n) is 8.34. The Morgan fingerprint density at radius 1 is 0.968 bits per heavy atom. The van der Waals surface area contributed by atoms with Gasteiger partial charge in [0.15, 0.2) is 0 Å². The van der Waals surface area contributed by atoms with Crippen molar-refractivity contribution in [2.45, 2.75) is 19.9 Å². The van der Waals surface area contributed by atoms with E-state index < -0.39 is 0 Å². The first kappa shape index (κ1) is 19.6. The number of nitrogens with zero attached hydrogens (tertiary/aromatic N) is 4. The van der Waals surface area contributed by atoms with Crippen LogP contribution in [0.1, 0.15) is 22.3 Å². The average molecular weight is 410 g/mol. The van der Waals surface area contributed by atoms with Gasteiger partial charge in [-0.15, -0.1) is 0 Å². The molecule has 1 fully saturated rings. The lowest BCUT2D eigenvalue weighted by molar-refractivity contribution is 0.635. The van der Waals surface area contributed by atoms with Crippen molar-refractivity contribution < 1.29 is 0 Å². The van der Waals surface area contributed by atoms with Crippen LogP contribution in [0.25, 0.3) is 11.1 Å². The van der Waals surface area contributed by atoms with E-state index in [1.54, 1.807) is 0 Å². The average Bonchev–Trinajstić information content (AvgIpc) is 2.84. The molecule has 5 rings (SSSR count). The number of hydrogen-bond acceptors (Lipinski definition) is 5. The molecule has 2 aliphatic rings. The number of nitrogens with one attached hydrogen (secondary N) is 1. The Labute approximate surface area is 184 Å². The standard InChI is InChI=1S/C26H27N5/c1-19-5-7-20(8-6-19)22-16-25(23(17-27)21-9-11-28-18-24(21)22)30-12-14-31(15-13-30)26-4-2-3-10-29-26/h2-8,10,16,28H,9,11-15,18H2,1H3. The van der Waals surface area contributed by atoms with E-state index in [9.17, 15) is 5.26 Å². The van der Waals surface area contributed by atoms with Crippen molar-refractivity contribution in [1.82, 2.24) is 10.3 Å². The van der Waals surface area contributed by atoms with Crippen molar-refractivity contribution >= 4 is 11.5 Å². The van der Waals surface area contributed by atoms with Crippen LogP contribution < -0.4 is 15.1 Å². The molecule has 3 aromatic rings. The van der Waals surface area contributed by atoms with Gasteiger partial charge < -0.3 is 15.1 Å². The molecule has 0 amide bonds. The van der Waals surface area contributed by atoms with Gasteiger partial charge in [-0.2, -0.15) is 5.26 Å². The number of anilines is 2. The van der Waals surface area contributed by atoms with Gasteiger partial charge in [0.05, 0.1) is 11.3 Å². The van der Waals surface area contributed by atoms with Crippen LogP contribution in [-0.2, 0) is 13.0 Å². The van der Waals surface area contributed by atoms with Crippen molar-refractivity contribution in [3.63, 3.8) is 0 Å². The van der Waals surface area contributed by atoms with Crippen LogP contribution in [-0.4, -0.2) is 37.7 Å². The van der Waals surface area contributed by atoms with E-state index in [1.807, 2.05) is 18.3 Å². The third kappa shape index (κ3) is 3.75. The van der Waals surface area contributed by atoms with Gasteiger partial charge in [-0.1, -0.05) is 35.9 Å². The van der Waals surface area contributed by atoms with E-state index in [1.165, 1.54) is 27.8 Å². The van der Waals surface area contributed by atoms with Crippen molar-refractivity contribution in [3.8, 4) is 17.2 Å². The Hall–Kier alpha value is -3.36. The third-order valence-corrected chi connectivity index (χ3v) is 6.45. The summed E-state index contributed by atoms with van der Waals surface area (Å²) in [6.07, 6.45) is 2.75. The highest BCUT2D eigenvalue weighted by Gasteiger charge is 2.26. The molecule has 0 unspecified atom stereocenters. The summed E-state index contributed by atoms with van der Waals surface area (Å²) in [6, 6.07) is 19.6. The van der Waals surface area contributed by atoms with Gasteiger partial charge in [-0.05, 0) is 60.3 Å². The molecule has 0 saturated carbocycles. The van der Waals surface area contributed by atoms with E-state index in [2.05, 4.69) is 69.5 Å². The van der Waals surface area contributed by atoms with E-state index in [0.717, 1.165) is 62.8 Å². The largest absolute Gasteiger partial charge is 0.367 e. The topological polar surface area (TPSA) is 55.2 Å². The number of aromatic nitrogens is 1. The second kappa shape index (κ2) is 8.41. The predicted molar refractivity (Wildman–Crippen MR) is 125 cm³/mol. The molecule has 3 heterocycles. The van der Waals surface area contributed by atoms with E-state index in [4.69, 9.17) is 0 Å². The number of benzene rings is 2. The van der Waals surface area contributed by atoms with E-state index >= 15 is 0 Å². The quantitative estimate of drug-likeness (QED) is 0.711. The van der Waals surface area contributed by atoms with Crippen LogP contribution in [0, 0.1) is 18.3 Å². The predicted octanol–water partition coefficient (Wildman–Crippen LogP) is 3.90. The Bertz CT molecular complexity index is 1110. The molecule has 1 aromatic heterocycles. The zero-order valence-electron chi connectivity index (χ0n) is 17.9. The van der Waals surface area contributed by atoms with Crippen LogP contribution in [0.15, 0.2) is 54.7 Å². The summed E-state index contributed by atoms with van der Waals surface area (Å²) in [5, 5.41) is 13.6. The Balaban J connectivity index is 1.52. The molecule has 1 N–H and O–H groups in total. The summed E-state index contributed by atoms with van der Waals surface area (Å²) in [6.45, 7) is 7.44. The molecule has 2 aromatic carbocycles. The van der Waals surface area contributed by atoms with Gasteiger partial charge in [0.2, 0.25) is 0 Å². The summed E-state index contributed by atoms with van der Waals surface area (Å²) >= 11 is 0. The Kier molecular flexibility index (Phi) is 5.31. The molecule has 0 aliphatic carbocycles. The summed E-state index contributed by atoms with van der Waals surface area (Å²) in [4.78, 5) is 9.21. The first-order chi connectivity index (χ1) is 15.2. The third-order valence-electron chi connectivity index (χ3n) is 6.45. The number of piperazine rings is 1. The number of fused-ring (bicyclic) bond motifs is 1. The first-order valence-corrected chi connectivity index (χ1v) is 11.0. The monoisotopic (exact) mass is 409 g/mol. The minimum absolute atomic E-state index is 0.820. The number of pyridine rings is 1. The fourth-order valence-corrected chi connectivity index (χ4v) is 4.75. The van der Waals surface area contributed by atoms with Crippen LogP contribution in [0.5, 0.6) is 0 Å². The van der Waals surface area contributed by atoms with Gasteiger partial charge in [0.1, 0.15) is 11.9 Å². The van der Waals surface area contributed by atoms with Gasteiger partial charge in [-0.3, -0.25) is 0 Å². The summed E-state index contributed by atoms with van der Waals surface area (Å²) in [5.74, 6) is 1.03. The molecule has 2 aliphatic heterocycles. The molecular formula is C26H27N5. The molecular weight excluding hydrogens is 382 g/mol. The molecule has 1 saturated heterocycles. The van der Waals surface area contributed by atoms with Gasteiger partial charge in [0, 0.05) is 38.9 Å². The summed E-state index contributed by atoms with van der Waals surface area (Å²) in [7, 11) is 0. The van der Waals surface area contributed by atoms with Crippen molar-refractivity contribution in [2.24, 2.45) is 0 Å². The Morgan fingerprint density at radius 3 is 2.45 bits per heavy atom. The smallest absolute Gasteiger partial charge is 0.128 e. The molecule has 5 heteroatoms. The molecule has 0 bridgehead atoms. The SMILES string of the molecule is Cc1ccc(-c2cc(N3CCN(c4ccccn4)CC3)c(C#N)c3c2CNCC3)cc1. The number of hydrogen-bond donors (Lipinski definition) is 1. The highest BCUT2D eigenvalue weighted by Crippen LogP contribution is 2.37. The van der Waals surface area contributed by atoms with Crippen molar-refractivity contribution in [3.05, 3.63) is 77.0 Å². The molecule has 5 nitrogen and oxygen atoms in total. The van der Waals surface area contributed by atoms with Crippen LogP contribution >= 0.6 is 0 Å². The zero-order chi connectivity index (χ0) is 21.2. The minimum atomic E-state index is 0.820. The lowest BCUT2D eigenvalue weighted by Gasteiger charge is -2.38. The maximum atomic E-state index is 10.1. The highest BCUT2D eigenvalue weighted by atomic mass is 15.3.